The zero-order valence-electron chi connectivity index (χ0n) is 15.3. The maximum Gasteiger partial charge on any atom is 0.221 e. The first-order chi connectivity index (χ1) is 13.2. The minimum absolute atomic E-state index is 0.0902. The fraction of sp³-hybridized carbons (Fsp3) is 0.429. The number of aliphatic hydroxyl groups excluding tert-OH is 1. The molecule has 1 aliphatic carbocycles. The van der Waals surface area contributed by atoms with Crippen LogP contribution in [0.15, 0.2) is 48.7 Å². The number of aliphatic hydroxyl groups is 1. The molecule has 1 saturated heterocycles. The number of nitrogens with two attached hydrogens (primary N) is 1. The van der Waals surface area contributed by atoms with Crippen molar-refractivity contribution in [2.24, 2.45) is 11.7 Å². The Morgan fingerprint density at radius 1 is 1.26 bits per heavy atom. The molecule has 1 aliphatic heterocycles. The number of pyridine rings is 1. The van der Waals surface area contributed by atoms with Gasteiger partial charge in [0, 0.05) is 31.2 Å². The van der Waals surface area contributed by atoms with Gasteiger partial charge in [0.15, 0.2) is 0 Å². The second-order valence-electron chi connectivity index (χ2n) is 6.84. The second kappa shape index (κ2) is 9.48. The Labute approximate surface area is 159 Å². The van der Waals surface area contributed by atoms with Gasteiger partial charge in [-0.05, 0) is 29.9 Å². The molecule has 6 heteroatoms. The van der Waals surface area contributed by atoms with Crippen molar-refractivity contribution in [2.45, 2.75) is 31.3 Å². The van der Waals surface area contributed by atoms with E-state index in [4.69, 9.17) is 20.3 Å². The lowest BCUT2D eigenvalue weighted by Crippen LogP contribution is -2.16. The zero-order chi connectivity index (χ0) is 19.1. The Kier molecular flexibility index (Phi) is 6.79. The van der Waals surface area contributed by atoms with Crippen LogP contribution < -0.4 is 10.5 Å². The number of hydrogen-bond donors (Lipinski definition) is 2. The lowest BCUT2D eigenvalue weighted by Gasteiger charge is -2.10. The number of benzene rings is 1. The molecule has 3 atom stereocenters. The first kappa shape index (κ1) is 19.3. The highest BCUT2D eigenvalue weighted by Gasteiger charge is 2.42. The van der Waals surface area contributed by atoms with Gasteiger partial charge in [-0.1, -0.05) is 36.4 Å². The van der Waals surface area contributed by atoms with Crippen LogP contribution in [-0.2, 0) is 16.0 Å². The summed E-state index contributed by atoms with van der Waals surface area (Å²) in [5, 5.41) is 8.74. The third-order valence-corrected chi connectivity index (χ3v) is 4.76. The molecule has 6 nitrogen and oxygen atoms in total. The Morgan fingerprint density at radius 2 is 2.07 bits per heavy atom. The third kappa shape index (κ3) is 5.77. The lowest BCUT2D eigenvalue weighted by atomic mass is 10.1. The van der Waals surface area contributed by atoms with Crippen LogP contribution in [0.3, 0.4) is 0 Å². The molecule has 1 aromatic heterocycles. The van der Waals surface area contributed by atoms with E-state index >= 15 is 0 Å². The summed E-state index contributed by atoms with van der Waals surface area (Å²) < 4.78 is 10.8. The number of ether oxygens (including phenoxy) is 2. The average molecular weight is 370 g/mol. The first-order valence-corrected chi connectivity index (χ1v) is 9.32. The van der Waals surface area contributed by atoms with Crippen molar-refractivity contribution in [1.82, 2.24) is 4.98 Å². The molecule has 2 fully saturated rings. The summed E-state index contributed by atoms with van der Waals surface area (Å²) in [5.41, 5.74) is 7.44. The predicted octanol–water partition coefficient (Wildman–Crippen LogP) is 2.06. The van der Waals surface area contributed by atoms with E-state index in [2.05, 4.69) is 4.98 Å². The van der Waals surface area contributed by atoms with Gasteiger partial charge in [0.25, 0.3) is 0 Å². The highest BCUT2D eigenvalue weighted by atomic mass is 16.5. The molecular weight excluding hydrogens is 344 g/mol. The smallest absolute Gasteiger partial charge is 0.221 e. The summed E-state index contributed by atoms with van der Waals surface area (Å²) >= 11 is 0. The van der Waals surface area contributed by atoms with E-state index in [9.17, 15) is 4.79 Å². The molecule has 2 aromatic rings. The van der Waals surface area contributed by atoms with Gasteiger partial charge >= 0.3 is 0 Å². The van der Waals surface area contributed by atoms with Crippen LogP contribution in [0.1, 0.15) is 29.9 Å². The first-order valence-electron chi connectivity index (χ1n) is 9.32. The minimum atomic E-state index is -0.163. The van der Waals surface area contributed by atoms with Gasteiger partial charge < -0.3 is 20.3 Å². The van der Waals surface area contributed by atoms with Gasteiger partial charge in [0.1, 0.15) is 6.10 Å². The van der Waals surface area contributed by atoms with Crippen molar-refractivity contribution < 1.29 is 19.4 Å². The number of rotatable bonds is 6. The second-order valence-corrected chi connectivity index (χ2v) is 6.84. The largest absolute Gasteiger partial charge is 0.472 e. The van der Waals surface area contributed by atoms with E-state index in [0.717, 1.165) is 25.0 Å². The summed E-state index contributed by atoms with van der Waals surface area (Å²) in [7, 11) is 0. The van der Waals surface area contributed by atoms with Crippen molar-refractivity contribution >= 4 is 5.91 Å². The van der Waals surface area contributed by atoms with E-state index < -0.39 is 0 Å². The Bertz CT molecular complexity index is 715. The minimum Gasteiger partial charge on any atom is -0.472 e. The van der Waals surface area contributed by atoms with Crippen LogP contribution in [0.5, 0.6) is 5.88 Å². The quantitative estimate of drug-likeness (QED) is 0.812. The number of carbonyl (C=O) groups excluding carboxylic acids is 1. The summed E-state index contributed by atoms with van der Waals surface area (Å²) in [5.74, 6) is 0.951. The number of aromatic nitrogens is 1. The predicted molar refractivity (Wildman–Crippen MR) is 101 cm³/mol. The molecule has 1 unspecified atom stereocenters. The summed E-state index contributed by atoms with van der Waals surface area (Å²) in [6.45, 7) is 1.58. The van der Waals surface area contributed by atoms with Gasteiger partial charge in [-0.15, -0.1) is 0 Å². The van der Waals surface area contributed by atoms with E-state index in [1.807, 2.05) is 42.5 Å². The van der Waals surface area contributed by atoms with Crippen LogP contribution >= 0.6 is 0 Å². The standard InChI is InChI=1S/C11H15NO3.C10H11NO/c13-5-3-9-1-2-11(12-7-9)15-10-4-6-14-8-10;11-10(12)9-6-8(9)7-4-2-1-3-5-7/h1-2,7,10,13H,3-6,8H2;1-5,8-9H,6H2,(H2,11,12)/t10-;8-,9?/m11/s1. The number of hydrogen-bond acceptors (Lipinski definition) is 5. The van der Waals surface area contributed by atoms with Crippen molar-refractivity contribution in [2.75, 3.05) is 19.8 Å². The normalized spacial score (nSPS) is 23.2. The Morgan fingerprint density at radius 3 is 2.63 bits per heavy atom. The summed E-state index contributed by atoms with van der Waals surface area (Å²) in [6, 6.07) is 13.8. The fourth-order valence-corrected chi connectivity index (χ4v) is 3.11. The Balaban J connectivity index is 0.000000159. The number of nitrogens with zero attached hydrogens (tertiary/aromatic N) is 1. The summed E-state index contributed by atoms with van der Waals surface area (Å²) in [6.07, 6.45) is 4.38. The highest BCUT2D eigenvalue weighted by molar-refractivity contribution is 5.81. The molecule has 0 spiro atoms. The van der Waals surface area contributed by atoms with Crippen LogP contribution in [0.4, 0.5) is 0 Å². The molecule has 27 heavy (non-hydrogen) atoms. The fourth-order valence-electron chi connectivity index (χ4n) is 3.11. The number of carbonyl (C=O) groups is 1. The number of amides is 1. The molecule has 1 aromatic carbocycles. The van der Waals surface area contributed by atoms with Gasteiger partial charge in [-0.3, -0.25) is 4.79 Å². The molecule has 1 amide bonds. The summed E-state index contributed by atoms with van der Waals surface area (Å²) in [4.78, 5) is 14.9. The van der Waals surface area contributed by atoms with Gasteiger partial charge in [-0.2, -0.15) is 0 Å². The molecule has 1 saturated carbocycles. The van der Waals surface area contributed by atoms with E-state index in [1.165, 1.54) is 5.56 Å². The molecule has 0 bridgehead atoms. The van der Waals surface area contributed by atoms with Crippen LogP contribution in [0.25, 0.3) is 0 Å². The molecule has 2 heterocycles. The van der Waals surface area contributed by atoms with Crippen molar-refractivity contribution in [3.63, 3.8) is 0 Å². The van der Waals surface area contributed by atoms with E-state index in [-0.39, 0.29) is 24.5 Å². The van der Waals surface area contributed by atoms with Crippen molar-refractivity contribution in [3.05, 3.63) is 59.8 Å². The third-order valence-electron chi connectivity index (χ3n) is 4.76. The molecule has 0 radical (unpaired) electrons. The SMILES string of the molecule is NC(=O)C1C[C@@H]1c1ccccc1.OCCc1ccc(O[C@@H]2CCOC2)nc1. The van der Waals surface area contributed by atoms with Crippen LogP contribution in [-0.4, -0.2) is 41.9 Å². The van der Waals surface area contributed by atoms with E-state index in [0.29, 0.717) is 24.8 Å². The van der Waals surface area contributed by atoms with Gasteiger partial charge in [-0.25, -0.2) is 4.98 Å². The molecule has 3 N–H and O–H groups in total. The lowest BCUT2D eigenvalue weighted by molar-refractivity contribution is -0.119. The van der Waals surface area contributed by atoms with E-state index in [1.54, 1.807) is 6.20 Å². The van der Waals surface area contributed by atoms with Crippen LogP contribution in [0.2, 0.25) is 0 Å². The molecular formula is C21H26N2O4. The molecule has 2 aliphatic rings. The molecule has 144 valence electrons. The van der Waals surface area contributed by atoms with Crippen molar-refractivity contribution in [3.8, 4) is 5.88 Å². The Hall–Kier alpha value is -2.44. The average Bonchev–Trinajstić information content (AvgIpc) is 3.35. The van der Waals surface area contributed by atoms with Crippen LogP contribution in [0, 0.1) is 5.92 Å². The zero-order valence-corrected chi connectivity index (χ0v) is 15.3. The maximum absolute atomic E-state index is 10.8. The van der Waals surface area contributed by atoms with Gasteiger partial charge in [0.05, 0.1) is 13.2 Å². The topological polar surface area (TPSA) is 94.7 Å². The monoisotopic (exact) mass is 370 g/mol. The maximum atomic E-state index is 10.8. The van der Waals surface area contributed by atoms with Crippen molar-refractivity contribution in [1.29, 1.82) is 0 Å². The van der Waals surface area contributed by atoms with Gasteiger partial charge in [0.2, 0.25) is 11.8 Å². The number of primary amides is 1. The molecule has 4 rings (SSSR count). The highest BCUT2D eigenvalue weighted by Crippen LogP contribution is 2.46.